The summed E-state index contributed by atoms with van der Waals surface area (Å²) < 4.78 is 43.2. The molecule has 2 aromatic rings. The van der Waals surface area contributed by atoms with Gasteiger partial charge < -0.3 is 4.74 Å². The van der Waals surface area contributed by atoms with Crippen molar-refractivity contribution in [1.29, 1.82) is 0 Å². The predicted octanol–water partition coefficient (Wildman–Crippen LogP) is 4.70. The van der Waals surface area contributed by atoms with Gasteiger partial charge in [-0.1, -0.05) is 18.5 Å². The highest BCUT2D eigenvalue weighted by molar-refractivity contribution is 6.35. The fourth-order valence-corrected chi connectivity index (χ4v) is 1.87. The second-order valence-electron chi connectivity index (χ2n) is 4.01. The number of nitrogens with zero attached hydrogens (tertiary/aromatic N) is 1. The maximum Gasteiger partial charge on any atom is 0.433 e. The van der Waals surface area contributed by atoms with Crippen molar-refractivity contribution in [2.24, 2.45) is 0 Å². The van der Waals surface area contributed by atoms with Crippen LogP contribution in [-0.2, 0) is 6.18 Å². The summed E-state index contributed by atoms with van der Waals surface area (Å²) in [6.45, 7) is 2.50. The van der Waals surface area contributed by atoms with Crippen molar-refractivity contribution in [2.75, 3.05) is 6.61 Å². The van der Waals surface area contributed by atoms with Gasteiger partial charge in [0.2, 0.25) is 0 Å². The molecule has 19 heavy (non-hydrogen) atoms. The van der Waals surface area contributed by atoms with Gasteiger partial charge in [0.1, 0.15) is 11.4 Å². The molecule has 1 heterocycles. The number of hydrogen-bond donors (Lipinski definition) is 0. The molecule has 0 aliphatic rings. The average molecular weight is 290 g/mol. The molecular weight excluding hydrogens is 279 g/mol. The Balaban J connectivity index is 2.48. The molecule has 6 heteroatoms. The van der Waals surface area contributed by atoms with E-state index in [0.29, 0.717) is 17.7 Å². The standard InChI is InChI=1S/C13H11ClF3NO/c1-2-5-19-8-3-4-11-9(6-8)10(14)7-12(18-11)13(15,16)17/h3-4,6-7H,2,5H2,1H3. The topological polar surface area (TPSA) is 22.1 Å². The second kappa shape index (κ2) is 5.25. The monoisotopic (exact) mass is 289 g/mol. The molecule has 0 aliphatic heterocycles. The molecule has 0 radical (unpaired) electrons. The van der Waals surface area contributed by atoms with Gasteiger partial charge >= 0.3 is 6.18 Å². The highest BCUT2D eigenvalue weighted by atomic mass is 35.5. The molecule has 0 bridgehead atoms. The van der Waals surface area contributed by atoms with Gasteiger partial charge in [0.15, 0.2) is 0 Å². The SMILES string of the molecule is CCCOc1ccc2nc(C(F)(F)F)cc(Cl)c2c1. The lowest BCUT2D eigenvalue weighted by molar-refractivity contribution is -0.140. The molecule has 0 spiro atoms. The van der Waals surface area contributed by atoms with E-state index in [9.17, 15) is 13.2 Å². The summed E-state index contributed by atoms with van der Waals surface area (Å²) >= 11 is 5.88. The summed E-state index contributed by atoms with van der Waals surface area (Å²) in [5.74, 6) is 0.567. The molecule has 102 valence electrons. The smallest absolute Gasteiger partial charge is 0.433 e. The highest BCUT2D eigenvalue weighted by Crippen LogP contribution is 2.34. The van der Waals surface area contributed by atoms with Crippen LogP contribution in [0.2, 0.25) is 5.02 Å². The van der Waals surface area contributed by atoms with E-state index in [4.69, 9.17) is 16.3 Å². The zero-order chi connectivity index (χ0) is 14.0. The molecule has 0 saturated carbocycles. The molecule has 0 fully saturated rings. The molecule has 0 amide bonds. The first-order valence-electron chi connectivity index (χ1n) is 5.72. The molecule has 0 aliphatic carbocycles. The van der Waals surface area contributed by atoms with Crippen molar-refractivity contribution in [3.05, 3.63) is 35.0 Å². The van der Waals surface area contributed by atoms with Crippen molar-refractivity contribution in [2.45, 2.75) is 19.5 Å². The summed E-state index contributed by atoms with van der Waals surface area (Å²) in [5, 5.41) is 0.461. The Morgan fingerprint density at radius 1 is 1.26 bits per heavy atom. The van der Waals surface area contributed by atoms with Gasteiger partial charge in [-0.2, -0.15) is 13.2 Å². The van der Waals surface area contributed by atoms with E-state index in [-0.39, 0.29) is 10.5 Å². The van der Waals surface area contributed by atoms with Crippen LogP contribution in [0.5, 0.6) is 5.75 Å². The van der Waals surface area contributed by atoms with Gasteiger partial charge in [-0.05, 0) is 30.7 Å². The maximum absolute atomic E-state index is 12.6. The minimum absolute atomic E-state index is 0.0132. The van der Waals surface area contributed by atoms with Crippen LogP contribution >= 0.6 is 11.6 Å². The van der Waals surface area contributed by atoms with Gasteiger partial charge in [-0.25, -0.2) is 4.98 Å². The summed E-state index contributed by atoms with van der Waals surface area (Å²) in [6, 6.07) is 5.48. The third kappa shape index (κ3) is 3.10. The van der Waals surface area contributed by atoms with Crippen molar-refractivity contribution in [1.82, 2.24) is 4.98 Å². The molecule has 0 N–H and O–H groups in total. The number of halogens is 4. The van der Waals surface area contributed by atoms with Crippen LogP contribution in [0, 0.1) is 0 Å². The summed E-state index contributed by atoms with van der Waals surface area (Å²) in [7, 11) is 0. The van der Waals surface area contributed by atoms with Gasteiger partial charge in [0.05, 0.1) is 17.1 Å². The van der Waals surface area contributed by atoms with E-state index in [1.165, 1.54) is 6.07 Å². The molecule has 1 aromatic carbocycles. The lowest BCUT2D eigenvalue weighted by Gasteiger charge is -2.10. The molecule has 2 rings (SSSR count). The third-order valence-electron chi connectivity index (χ3n) is 2.49. The minimum atomic E-state index is -4.50. The Bertz CT molecular complexity index is 598. The second-order valence-corrected chi connectivity index (χ2v) is 4.42. The van der Waals surface area contributed by atoms with Crippen molar-refractivity contribution < 1.29 is 17.9 Å². The number of pyridine rings is 1. The van der Waals surface area contributed by atoms with E-state index in [1.54, 1.807) is 12.1 Å². The first kappa shape index (κ1) is 13.9. The fourth-order valence-electron chi connectivity index (χ4n) is 1.62. The number of ether oxygens (including phenoxy) is 1. The van der Waals surface area contributed by atoms with Crippen LogP contribution in [0.25, 0.3) is 10.9 Å². The third-order valence-corrected chi connectivity index (χ3v) is 2.81. The Morgan fingerprint density at radius 3 is 2.63 bits per heavy atom. The minimum Gasteiger partial charge on any atom is -0.494 e. The van der Waals surface area contributed by atoms with Gasteiger partial charge in [-0.15, -0.1) is 0 Å². The first-order chi connectivity index (χ1) is 8.91. The van der Waals surface area contributed by atoms with Crippen LogP contribution in [0.4, 0.5) is 13.2 Å². The zero-order valence-electron chi connectivity index (χ0n) is 10.1. The maximum atomic E-state index is 12.6. The van der Waals surface area contributed by atoms with Crippen LogP contribution in [0.1, 0.15) is 19.0 Å². The Kier molecular flexibility index (Phi) is 3.85. The van der Waals surface area contributed by atoms with Crippen LogP contribution < -0.4 is 4.74 Å². The number of hydrogen-bond acceptors (Lipinski definition) is 2. The number of benzene rings is 1. The Morgan fingerprint density at radius 2 is 2.00 bits per heavy atom. The molecule has 0 atom stereocenters. The quantitative estimate of drug-likeness (QED) is 0.817. The number of rotatable bonds is 3. The fraction of sp³-hybridized carbons (Fsp3) is 0.308. The molecule has 1 aromatic heterocycles. The van der Waals surface area contributed by atoms with Crippen LogP contribution in [0.3, 0.4) is 0 Å². The first-order valence-corrected chi connectivity index (χ1v) is 6.10. The molecule has 0 unspecified atom stereocenters. The van der Waals surface area contributed by atoms with Crippen molar-refractivity contribution >= 4 is 22.5 Å². The largest absolute Gasteiger partial charge is 0.494 e. The van der Waals surface area contributed by atoms with Crippen LogP contribution in [-0.4, -0.2) is 11.6 Å². The summed E-state index contributed by atoms with van der Waals surface area (Å²) in [4.78, 5) is 3.56. The van der Waals surface area contributed by atoms with E-state index in [0.717, 1.165) is 12.5 Å². The molecule has 0 saturated heterocycles. The Labute approximate surface area is 113 Å². The van der Waals surface area contributed by atoms with E-state index < -0.39 is 11.9 Å². The lowest BCUT2D eigenvalue weighted by Crippen LogP contribution is -2.08. The summed E-state index contributed by atoms with van der Waals surface area (Å²) in [6.07, 6.45) is -3.66. The number of fused-ring (bicyclic) bond motifs is 1. The molecular formula is C13H11ClF3NO. The molecule has 2 nitrogen and oxygen atoms in total. The van der Waals surface area contributed by atoms with Gasteiger partial charge in [0.25, 0.3) is 0 Å². The van der Waals surface area contributed by atoms with Gasteiger partial charge in [-0.3, -0.25) is 0 Å². The normalized spacial score (nSPS) is 11.8. The average Bonchev–Trinajstić information content (AvgIpc) is 2.35. The van der Waals surface area contributed by atoms with Crippen molar-refractivity contribution in [3.8, 4) is 5.75 Å². The highest BCUT2D eigenvalue weighted by Gasteiger charge is 2.33. The Hall–Kier alpha value is -1.49. The zero-order valence-corrected chi connectivity index (χ0v) is 10.8. The summed E-state index contributed by atoms with van der Waals surface area (Å²) in [5.41, 5.74) is -0.795. The van der Waals surface area contributed by atoms with Crippen molar-refractivity contribution in [3.63, 3.8) is 0 Å². The number of aromatic nitrogens is 1. The van der Waals surface area contributed by atoms with Gasteiger partial charge in [0, 0.05) is 5.39 Å². The van der Waals surface area contributed by atoms with E-state index in [2.05, 4.69) is 4.98 Å². The van der Waals surface area contributed by atoms with E-state index >= 15 is 0 Å². The lowest BCUT2D eigenvalue weighted by atomic mass is 10.2. The van der Waals surface area contributed by atoms with Crippen LogP contribution in [0.15, 0.2) is 24.3 Å². The van der Waals surface area contributed by atoms with E-state index in [1.807, 2.05) is 6.92 Å². The number of alkyl halides is 3. The predicted molar refractivity (Wildman–Crippen MR) is 67.5 cm³/mol.